The molecule has 1 atom stereocenters. The van der Waals surface area contributed by atoms with Gasteiger partial charge in [-0.2, -0.15) is 4.98 Å². The van der Waals surface area contributed by atoms with Crippen molar-refractivity contribution >= 4 is 17.5 Å². The molecule has 2 heterocycles. The molecule has 0 saturated carbocycles. The number of anilines is 2. The Bertz CT molecular complexity index is 494. The molecule has 0 aromatic carbocycles. The minimum Gasteiger partial charge on any atom is -0.380 e. The van der Waals surface area contributed by atoms with Gasteiger partial charge in [0.2, 0.25) is 11.8 Å². The molecule has 0 spiro atoms. The fourth-order valence-corrected chi connectivity index (χ4v) is 2.16. The van der Waals surface area contributed by atoms with Crippen LogP contribution in [0, 0.1) is 17.0 Å². The number of nitrogens with zero attached hydrogens (tertiary/aromatic N) is 4. The number of hydrogen-bond acceptors (Lipinski definition) is 8. The van der Waals surface area contributed by atoms with Crippen molar-refractivity contribution in [2.45, 2.75) is 19.4 Å². The molecule has 1 aromatic heterocycles. The summed E-state index contributed by atoms with van der Waals surface area (Å²) in [5.41, 5.74) is 2.51. The van der Waals surface area contributed by atoms with Crippen LogP contribution in [0.4, 0.5) is 17.5 Å². The van der Waals surface area contributed by atoms with E-state index in [2.05, 4.69) is 15.4 Å². The normalized spacial score (nSPS) is 18.7. The number of hydrazine groups is 1. The van der Waals surface area contributed by atoms with Crippen molar-refractivity contribution in [1.29, 1.82) is 0 Å². The van der Waals surface area contributed by atoms with Gasteiger partial charge in [0.15, 0.2) is 0 Å². The summed E-state index contributed by atoms with van der Waals surface area (Å²) in [6.07, 6.45) is 0.867. The molecule has 9 nitrogen and oxygen atoms in total. The second-order valence-electron chi connectivity index (χ2n) is 4.30. The van der Waals surface area contributed by atoms with E-state index in [-0.39, 0.29) is 29.3 Å². The Morgan fingerprint density at radius 2 is 2.32 bits per heavy atom. The molecule has 0 aliphatic carbocycles. The SMILES string of the molecule is COC1CCN(c2nc(NN)nc(C)c2[N+](=O)[O-])C1. The van der Waals surface area contributed by atoms with Crippen LogP contribution in [0.25, 0.3) is 0 Å². The van der Waals surface area contributed by atoms with Gasteiger partial charge in [0.1, 0.15) is 5.69 Å². The quantitative estimate of drug-likeness (QED) is 0.451. The highest BCUT2D eigenvalue weighted by Gasteiger charge is 2.31. The number of nitrogens with one attached hydrogen (secondary N) is 1. The summed E-state index contributed by atoms with van der Waals surface area (Å²) in [6.45, 7) is 2.78. The third-order valence-electron chi connectivity index (χ3n) is 3.13. The van der Waals surface area contributed by atoms with Gasteiger partial charge in [-0.25, -0.2) is 10.8 Å². The summed E-state index contributed by atoms with van der Waals surface area (Å²) in [5.74, 6) is 5.73. The van der Waals surface area contributed by atoms with Crippen molar-refractivity contribution in [2.24, 2.45) is 5.84 Å². The highest BCUT2D eigenvalue weighted by atomic mass is 16.6. The molecule has 1 aromatic rings. The molecule has 9 heteroatoms. The largest absolute Gasteiger partial charge is 0.380 e. The van der Waals surface area contributed by atoms with Gasteiger partial charge in [0.25, 0.3) is 0 Å². The minimum atomic E-state index is -0.467. The van der Waals surface area contributed by atoms with Gasteiger partial charge in [-0.15, -0.1) is 0 Å². The van der Waals surface area contributed by atoms with Gasteiger partial charge in [-0.1, -0.05) is 0 Å². The van der Waals surface area contributed by atoms with E-state index in [1.165, 1.54) is 0 Å². The van der Waals surface area contributed by atoms with Gasteiger partial charge in [0, 0.05) is 20.2 Å². The third kappa shape index (κ3) is 2.56. The lowest BCUT2D eigenvalue weighted by Gasteiger charge is -2.18. The predicted octanol–water partition coefficient (Wildman–Crippen LogP) is 0.204. The first-order chi connectivity index (χ1) is 9.06. The van der Waals surface area contributed by atoms with Crippen LogP contribution >= 0.6 is 0 Å². The first-order valence-corrected chi connectivity index (χ1v) is 5.84. The standard InChI is InChI=1S/C10H16N6O3/c1-6-8(16(17)18)9(13-10(12-6)14-11)15-4-3-7(5-15)19-2/h7H,3-5,11H2,1-2H3,(H,12,13,14). The van der Waals surface area contributed by atoms with Crippen LogP contribution in [0.1, 0.15) is 12.1 Å². The monoisotopic (exact) mass is 268 g/mol. The molecule has 3 N–H and O–H groups in total. The third-order valence-corrected chi connectivity index (χ3v) is 3.13. The average Bonchev–Trinajstić information content (AvgIpc) is 2.85. The second-order valence-corrected chi connectivity index (χ2v) is 4.30. The van der Waals surface area contributed by atoms with Crippen LogP contribution < -0.4 is 16.2 Å². The molecular weight excluding hydrogens is 252 g/mol. The molecule has 19 heavy (non-hydrogen) atoms. The molecule has 104 valence electrons. The van der Waals surface area contributed by atoms with Gasteiger partial charge < -0.3 is 9.64 Å². The van der Waals surface area contributed by atoms with Gasteiger partial charge in [-0.3, -0.25) is 15.5 Å². The first kappa shape index (κ1) is 13.4. The fraction of sp³-hybridized carbons (Fsp3) is 0.600. The van der Waals surface area contributed by atoms with Crippen molar-refractivity contribution < 1.29 is 9.66 Å². The maximum Gasteiger partial charge on any atom is 0.332 e. The van der Waals surface area contributed by atoms with E-state index in [1.807, 2.05) is 4.90 Å². The zero-order chi connectivity index (χ0) is 14.0. The number of ether oxygens (including phenoxy) is 1. The molecule has 1 unspecified atom stereocenters. The van der Waals surface area contributed by atoms with Crippen LogP contribution in [-0.2, 0) is 4.74 Å². The van der Waals surface area contributed by atoms with Crippen molar-refractivity contribution in [1.82, 2.24) is 9.97 Å². The summed E-state index contributed by atoms with van der Waals surface area (Å²) in [7, 11) is 1.63. The molecule has 0 amide bonds. The van der Waals surface area contributed by atoms with E-state index in [4.69, 9.17) is 10.6 Å². The highest BCUT2D eigenvalue weighted by molar-refractivity contribution is 5.62. The number of aryl methyl sites for hydroxylation is 1. The van der Waals surface area contributed by atoms with Crippen LogP contribution in [0.3, 0.4) is 0 Å². The summed E-state index contributed by atoms with van der Waals surface area (Å²) >= 11 is 0. The molecule has 1 saturated heterocycles. The van der Waals surface area contributed by atoms with Crippen molar-refractivity contribution in [3.05, 3.63) is 15.8 Å². The lowest BCUT2D eigenvalue weighted by atomic mass is 10.3. The Labute approximate surface area is 109 Å². The smallest absolute Gasteiger partial charge is 0.332 e. The van der Waals surface area contributed by atoms with Gasteiger partial charge >= 0.3 is 5.69 Å². The van der Waals surface area contributed by atoms with E-state index in [0.717, 1.165) is 6.42 Å². The van der Waals surface area contributed by atoms with E-state index in [1.54, 1.807) is 14.0 Å². The Balaban J connectivity index is 2.42. The maximum absolute atomic E-state index is 11.2. The van der Waals surface area contributed by atoms with Gasteiger partial charge in [0.05, 0.1) is 11.0 Å². The molecule has 1 aliphatic heterocycles. The van der Waals surface area contributed by atoms with Crippen LogP contribution in [0.15, 0.2) is 0 Å². The molecule has 0 bridgehead atoms. The number of aromatic nitrogens is 2. The van der Waals surface area contributed by atoms with Crippen molar-refractivity contribution in [2.75, 3.05) is 30.5 Å². The van der Waals surface area contributed by atoms with E-state index in [9.17, 15) is 10.1 Å². The second kappa shape index (κ2) is 5.33. The lowest BCUT2D eigenvalue weighted by Crippen LogP contribution is -2.25. The van der Waals surface area contributed by atoms with Crippen LogP contribution in [-0.4, -0.2) is 41.2 Å². The van der Waals surface area contributed by atoms with Crippen LogP contribution in [0.2, 0.25) is 0 Å². The molecule has 1 aliphatic rings. The predicted molar refractivity (Wildman–Crippen MR) is 68.9 cm³/mol. The zero-order valence-electron chi connectivity index (χ0n) is 10.8. The lowest BCUT2D eigenvalue weighted by molar-refractivity contribution is -0.385. The van der Waals surface area contributed by atoms with Crippen LogP contribution in [0.5, 0.6) is 0 Å². The fourth-order valence-electron chi connectivity index (χ4n) is 2.16. The van der Waals surface area contributed by atoms with Gasteiger partial charge in [-0.05, 0) is 13.3 Å². The summed E-state index contributed by atoms with van der Waals surface area (Å²) in [6, 6.07) is 0. The Kier molecular flexibility index (Phi) is 3.76. The van der Waals surface area contributed by atoms with Crippen molar-refractivity contribution in [3.8, 4) is 0 Å². The molecule has 2 rings (SSSR count). The van der Waals surface area contributed by atoms with E-state index in [0.29, 0.717) is 13.1 Å². The topological polar surface area (TPSA) is 119 Å². The number of nitrogens with two attached hydrogens (primary N) is 1. The first-order valence-electron chi connectivity index (χ1n) is 5.84. The average molecular weight is 268 g/mol. The Morgan fingerprint density at radius 3 is 2.84 bits per heavy atom. The van der Waals surface area contributed by atoms with Crippen molar-refractivity contribution in [3.63, 3.8) is 0 Å². The molecule has 1 fully saturated rings. The summed E-state index contributed by atoms with van der Waals surface area (Å²) in [5, 5.41) is 11.2. The van der Waals surface area contributed by atoms with E-state index < -0.39 is 4.92 Å². The highest BCUT2D eigenvalue weighted by Crippen LogP contribution is 2.32. The van der Waals surface area contributed by atoms with E-state index >= 15 is 0 Å². The maximum atomic E-state index is 11.2. The number of hydrogen-bond donors (Lipinski definition) is 2. The molecule has 0 radical (unpaired) electrons. The summed E-state index contributed by atoms with van der Waals surface area (Å²) in [4.78, 5) is 20.6. The zero-order valence-corrected chi connectivity index (χ0v) is 10.8. The Hall–Kier alpha value is -2.00. The number of nitrogen functional groups attached to an aromatic ring is 1. The minimum absolute atomic E-state index is 0.0594. The number of methoxy groups -OCH3 is 1. The number of rotatable bonds is 4. The number of nitro groups is 1. The molecular formula is C10H16N6O3. The Morgan fingerprint density at radius 1 is 1.58 bits per heavy atom. The summed E-state index contributed by atoms with van der Waals surface area (Å²) < 4.78 is 5.25.